The quantitative estimate of drug-likeness (QED) is 0.940. The number of H-pyrrole nitrogens is 1. The summed E-state index contributed by atoms with van der Waals surface area (Å²) in [5.74, 6) is 0. The van der Waals surface area contributed by atoms with E-state index in [1.807, 2.05) is 0 Å². The van der Waals surface area contributed by atoms with Crippen molar-refractivity contribution in [3.05, 3.63) is 47.8 Å². The van der Waals surface area contributed by atoms with Crippen molar-refractivity contribution in [2.75, 3.05) is 7.05 Å². The Labute approximate surface area is 119 Å². The van der Waals surface area contributed by atoms with E-state index in [-0.39, 0.29) is 6.54 Å². The maximum absolute atomic E-state index is 12.6. The van der Waals surface area contributed by atoms with Gasteiger partial charge in [0.2, 0.25) is 10.0 Å². The molecule has 2 aromatic rings. The molecule has 0 fully saturated rings. The topological polar surface area (TPSA) is 66.1 Å². The van der Waals surface area contributed by atoms with Crippen molar-refractivity contribution in [2.45, 2.75) is 17.6 Å². The third kappa shape index (κ3) is 3.42. The van der Waals surface area contributed by atoms with Crippen LogP contribution >= 0.6 is 0 Å². The number of aromatic nitrogens is 2. The number of rotatable bonds is 4. The highest BCUT2D eigenvalue weighted by Gasteiger charge is 2.32. The summed E-state index contributed by atoms with van der Waals surface area (Å²) in [7, 11) is -2.71. The predicted molar refractivity (Wildman–Crippen MR) is 68.7 cm³/mol. The van der Waals surface area contributed by atoms with Crippen LogP contribution in [-0.4, -0.2) is 30.0 Å². The molecule has 21 heavy (non-hydrogen) atoms. The fraction of sp³-hybridized carbons (Fsp3) is 0.250. The minimum absolute atomic E-state index is 0.00901. The lowest BCUT2D eigenvalue weighted by atomic mass is 10.2. The molecule has 0 saturated carbocycles. The average molecular weight is 319 g/mol. The summed E-state index contributed by atoms with van der Waals surface area (Å²) in [5, 5.41) is 6.22. The summed E-state index contributed by atoms with van der Waals surface area (Å²) in [6, 6.07) is 3.66. The van der Waals surface area contributed by atoms with Gasteiger partial charge in [-0.2, -0.15) is 22.6 Å². The van der Waals surface area contributed by atoms with E-state index in [0.717, 1.165) is 22.5 Å². The molecule has 0 amide bonds. The number of benzene rings is 1. The molecule has 0 aliphatic heterocycles. The van der Waals surface area contributed by atoms with Gasteiger partial charge in [0.05, 0.1) is 16.7 Å². The van der Waals surface area contributed by atoms with Crippen LogP contribution in [0.15, 0.2) is 41.6 Å². The Morgan fingerprint density at radius 3 is 2.62 bits per heavy atom. The van der Waals surface area contributed by atoms with E-state index in [0.29, 0.717) is 11.6 Å². The molecule has 1 aromatic heterocycles. The van der Waals surface area contributed by atoms with Crippen molar-refractivity contribution in [1.29, 1.82) is 0 Å². The van der Waals surface area contributed by atoms with Crippen LogP contribution in [0.5, 0.6) is 0 Å². The molecule has 2 rings (SSSR count). The fourth-order valence-corrected chi connectivity index (χ4v) is 2.92. The standard InChI is InChI=1S/C12H12F3N3O2S/c1-18(8-9-6-16-17-7-9)21(19,20)11-4-2-3-10(5-11)12(13,14)15/h2-7H,8H2,1H3,(H,16,17). The lowest BCUT2D eigenvalue weighted by molar-refractivity contribution is -0.137. The maximum atomic E-state index is 12.6. The van der Waals surface area contributed by atoms with Crippen LogP contribution in [0.1, 0.15) is 11.1 Å². The van der Waals surface area contributed by atoms with Gasteiger partial charge in [0.1, 0.15) is 0 Å². The number of halogens is 3. The fourth-order valence-electron chi connectivity index (χ4n) is 1.72. The second-order valence-corrected chi connectivity index (χ2v) is 6.44. The average Bonchev–Trinajstić information content (AvgIpc) is 2.90. The lowest BCUT2D eigenvalue weighted by Gasteiger charge is -2.17. The van der Waals surface area contributed by atoms with E-state index in [1.165, 1.54) is 19.4 Å². The van der Waals surface area contributed by atoms with Gasteiger partial charge < -0.3 is 0 Å². The Bertz CT molecular complexity index is 712. The number of alkyl halides is 3. The van der Waals surface area contributed by atoms with Gasteiger partial charge in [0.15, 0.2) is 0 Å². The van der Waals surface area contributed by atoms with Crippen LogP contribution in [0.2, 0.25) is 0 Å². The van der Waals surface area contributed by atoms with Crippen molar-refractivity contribution in [3.63, 3.8) is 0 Å². The van der Waals surface area contributed by atoms with Crippen LogP contribution in [0, 0.1) is 0 Å². The molecule has 0 bridgehead atoms. The molecule has 1 N–H and O–H groups in total. The molecule has 0 aliphatic rings. The summed E-state index contributed by atoms with van der Waals surface area (Å²) in [6.45, 7) is 0.00901. The molecular weight excluding hydrogens is 307 g/mol. The van der Waals surface area contributed by atoms with Gasteiger partial charge in [-0.15, -0.1) is 0 Å². The summed E-state index contributed by atoms with van der Waals surface area (Å²) < 4.78 is 63.4. The molecule has 1 heterocycles. The molecule has 0 atom stereocenters. The third-order valence-electron chi connectivity index (χ3n) is 2.83. The molecule has 1 aromatic carbocycles. The first-order valence-electron chi connectivity index (χ1n) is 5.82. The van der Waals surface area contributed by atoms with Gasteiger partial charge in [-0.05, 0) is 18.2 Å². The van der Waals surface area contributed by atoms with Crippen LogP contribution in [0.4, 0.5) is 13.2 Å². The zero-order valence-electron chi connectivity index (χ0n) is 10.9. The second kappa shape index (κ2) is 5.49. The normalized spacial score (nSPS) is 12.8. The Hall–Kier alpha value is -1.87. The maximum Gasteiger partial charge on any atom is 0.416 e. The number of hydrogen-bond donors (Lipinski definition) is 1. The van der Waals surface area contributed by atoms with E-state index in [1.54, 1.807) is 0 Å². The largest absolute Gasteiger partial charge is 0.416 e. The SMILES string of the molecule is CN(Cc1cn[nH]c1)S(=O)(=O)c1cccc(C(F)(F)F)c1. The molecular formula is C12H12F3N3O2S. The van der Waals surface area contributed by atoms with Crippen molar-refractivity contribution in [3.8, 4) is 0 Å². The molecule has 9 heteroatoms. The smallest absolute Gasteiger partial charge is 0.285 e. The van der Waals surface area contributed by atoms with Crippen molar-refractivity contribution in [1.82, 2.24) is 14.5 Å². The molecule has 5 nitrogen and oxygen atoms in total. The molecule has 0 unspecified atom stereocenters. The molecule has 0 aliphatic carbocycles. The van der Waals surface area contributed by atoms with Crippen molar-refractivity contribution < 1.29 is 21.6 Å². The van der Waals surface area contributed by atoms with Gasteiger partial charge >= 0.3 is 6.18 Å². The monoisotopic (exact) mass is 319 g/mol. The van der Waals surface area contributed by atoms with E-state index in [2.05, 4.69) is 10.2 Å². The number of nitrogens with zero attached hydrogens (tertiary/aromatic N) is 2. The van der Waals surface area contributed by atoms with Crippen LogP contribution in [-0.2, 0) is 22.7 Å². The molecule has 0 saturated heterocycles. The van der Waals surface area contributed by atoms with Gasteiger partial charge in [-0.25, -0.2) is 8.42 Å². The third-order valence-corrected chi connectivity index (χ3v) is 4.63. The van der Waals surface area contributed by atoms with E-state index in [9.17, 15) is 21.6 Å². The summed E-state index contributed by atoms with van der Waals surface area (Å²) in [5.41, 5.74) is -0.395. The highest BCUT2D eigenvalue weighted by Crippen LogP contribution is 2.31. The Morgan fingerprint density at radius 2 is 2.05 bits per heavy atom. The molecule has 114 valence electrons. The lowest BCUT2D eigenvalue weighted by Crippen LogP contribution is -2.26. The first-order chi connectivity index (χ1) is 9.71. The minimum Gasteiger partial charge on any atom is -0.285 e. The number of hydrogen-bond acceptors (Lipinski definition) is 3. The highest BCUT2D eigenvalue weighted by atomic mass is 32.2. The highest BCUT2D eigenvalue weighted by molar-refractivity contribution is 7.89. The first kappa shape index (κ1) is 15.5. The number of nitrogens with one attached hydrogen (secondary N) is 1. The van der Waals surface area contributed by atoms with Gasteiger partial charge in [0.25, 0.3) is 0 Å². The predicted octanol–water partition coefficient (Wildman–Crippen LogP) is 2.25. The van der Waals surface area contributed by atoms with Crippen molar-refractivity contribution >= 4 is 10.0 Å². The van der Waals surface area contributed by atoms with Crippen LogP contribution in [0.3, 0.4) is 0 Å². The Morgan fingerprint density at radius 1 is 1.33 bits per heavy atom. The van der Waals surface area contributed by atoms with E-state index >= 15 is 0 Å². The van der Waals surface area contributed by atoms with Gasteiger partial charge in [0, 0.05) is 25.4 Å². The Kier molecular flexibility index (Phi) is 4.06. The number of aromatic amines is 1. The summed E-state index contributed by atoms with van der Waals surface area (Å²) in [4.78, 5) is -0.400. The molecule has 0 radical (unpaired) electrons. The minimum atomic E-state index is -4.59. The van der Waals surface area contributed by atoms with Crippen LogP contribution in [0.25, 0.3) is 0 Å². The van der Waals surface area contributed by atoms with E-state index in [4.69, 9.17) is 0 Å². The number of sulfonamides is 1. The zero-order valence-corrected chi connectivity index (χ0v) is 11.7. The van der Waals surface area contributed by atoms with Crippen molar-refractivity contribution in [2.24, 2.45) is 0 Å². The van der Waals surface area contributed by atoms with Gasteiger partial charge in [-0.1, -0.05) is 6.07 Å². The first-order valence-corrected chi connectivity index (χ1v) is 7.26. The zero-order chi connectivity index (χ0) is 15.7. The summed E-state index contributed by atoms with van der Waals surface area (Å²) in [6.07, 6.45) is -1.63. The van der Waals surface area contributed by atoms with Crippen LogP contribution < -0.4 is 0 Å². The summed E-state index contributed by atoms with van der Waals surface area (Å²) >= 11 is 0. The Balaban J connectivity index is 2.31. The molecule has 0 spiro atoms. The van der Waals surface area contributed by atoms with Gasteiger partial charge in [-0.3, -0.25) is 5.10 Å². The van der Waals surface area contributed by atoms with E-state index < -0.39 is 26.7 Å². The second-order valence-electron chi connectivity index (χ2n) is 4.39.